The van der Waals surface area contributed by atoms with Gasteiger partial charge in [0.1, 0.15) is 23.6 Å². The molecule has 0 bridgehead atoms. The van der Waals surface area contributed by atoms with Crippen LogP contribution in [0, 0.1) is 6.92 Å². The molecular weight excluding hydrogens is 448 g/mol. The highest BCUT2D eigenvalue weighted by Crippen LogP contribution is 2.29. The lowest BCUT2D eigenvalue weighted by atomic mass is 10.0. The van der Waals surface area contributed by atoms with Crippen molar-refractivity contribution < 1.29 is 23.8 Å². The Balaban J connectivity index is 1.46. The predicted octanol–water partition coefficient (Wildman–Crippen LogP) is 5.19. The van der Waals surface area contributed by atoms with E-state index in [9.17, 15) is 9.59 Å². The molecule has 2 aromatic heterocycles. The Morgan fingerprint density at radius 1 is 0.971 bits per heavy atom. The number of aryl methyl sites for hydroxylation is 1. The lowest BCUT2D eigenvalue weighted by Gasteiger charge is -2.20. The van der Waals surface area contributed by atoms with Crippen LogP contribution in [0.15, 0.2) is 36.7 Å². The Morgan fingerprint density at radius 2 is 1.66 bits per heavy atom. The van der Waals surface area contributed by atoms with Gasteiger partial charge >= 0.3 is 12.2 Å². The Morgan fingerprint density at radius 3 is 2.34 bits per heavy atom. The third kappa shape index (κ3) is 5.90. The molecule has 1 aliphatic heterocycles. The molecule has 1 aliphatic rings. The minimum Gasteiger partial charge on any atom is -0.490 e. The van der Waals surface area contributed by atoms with Crippen LogP contribution in [0.25, 0.3) is 22.0 Å². The number of hydrogen-bond donors (Lipinski definition) is 0. The van der Waals surface area contributed by atoms with Crippen LogP contribution < -0.4 is 4.74 Å². The standard InChI is InChI=1S/C26H32N4O5/c1-16-21-11-17(8-9-22(21)30(28-16)24(32)35-26(5,6)7)18-10-20(13-27-12-18)33-15-19-14-29(19)23(31)34-25(2,3)4/h8-13,19H,14-15H2,1-7H3. The fraction of sp³-hybridized carbons (Fsp3) is 0.462. The number of rotatable bonds is 4. The van der Waals surface area contributed by atoms with Crippen LogP contribution >= 0.6 is 0 Å². The number of hydrogen-bond acceptors (Lipinski definition) is 7. The highest BCUT2D eigenvalue weighted by molar-refractivity contribution is 5.92. The summed E-state index contributed by atoms with van der Waals surface area (Å²) in [4.78, 5) is 30.7. The van der Waals surface area contributed by atoms with E-state index < -0.39 is 17.3 Å². The van der Waals surface area contributed by atoms with Crippen LogP contribution in [0.5, 0.6) is 5.75 Å². The minimum absolute atomic E-state index is 0.00815. The second-order valence-corrected chi connectivity index (χ2v) is 10.7. The fourth-order valence-corrected chi connectivity index (χ4v) is 3.61. The number of aromatic nitrogens is 3. The highest BCUT2D eigenvalue weighted by atomic mass is 16.6. The van der Waals surface area contributed by atoms with Crippen molar-refractivity contribution in [3.63, 3.8) is 0 Å². The predicted molar refractivity (Wildman–Crippen MR) is 132 cm³/mol. The Labute approximate surface area is 205 Å². The maximum atomic E-state index is 12.6. The van der Waals surface area contributed by atoms with E-state index in [0.29, 0.717) is 24.4 Å². The summed E-state index contributed by atoms with van der Waals surface area (Å²) in [5.74, 6) is 0.611. The molecule has 3 heterocycles. The van der Waals surface area contributed by atoms with Crippen molar-refractivity contribution in [1.82, 2.24) is 19.7 Å². The molecule has 0 N–H and O–H groups in total. The fourth-order valence-electron chi connectivity index (χ4n) is 3.61. The average molecular weight is 481 g/mol. The zero-order chi connectivity index (χ0) is 25.5. The number of amides is 1. The van der Waals surface area contributed by atoms with Gasteiger partial charge in [0.15, 0.2) is 0 Å². The maximum Gasteiger partial charge on any atom is 0.435 e. The summed E-state index contributed by atoms with van der Waals surface area (Å²) >= 11 is 0. The number of carbonyl (C=O) groups is 2. The molecular formula is C26H32N4O5. The molecule has 1 aromatic carbocycles. The summed E-state index contributed by atoms with van der Waals surface area (Å²) in [5.41, 5.74) is 2.06. The van der Waals surface area contributed by atoms with E-state index in [-0.39, 0.29) is 12.1 Å². The van der Waals surface area contributed by atoms with Crippen LogP contribution in [0.4, 0.5) is 9.59 Å². The third-order valence-electron chi connectivity index (χ3n) is 5.26. The van der Waals surface area contributed by atoms with Crippen LogP contribution in [0.1, 0.15) is 47.2 Å². The molecule has 9 nitrogen and oxygen atoms in total. The zero-order valence-corrected chi connectivity index (χ0v) is 21.3. The molecule has 4 rings (SSSR count). The van der Waals surface area contributed by atoms with Gasteiger partial charge in [-0.1, -0.05) is 6.07 Å². The Kier molecular flexibility index (Phi) is 6.21. The van der Waals surface area contributed by atoms with Gasteiger partial charge in [0.05, 0.1) is 23.4 Å². The molecule has 0 radical (unpaired) electrons. The first-order chi connectivity index (χ1) is 16.3. The van der Waals surface area contributed by atoms with Crippen molar-refractivity contribution in [3.05, 3.63) is 42.4 Å². The molecule has 3 aromatic rings. The molecule has 35 heavy (non-hydrogen) atoms. The lowest BCUT2D eigenvalue weighted by Crippen LogP contribution is -2.28. The largest absolute Gasteiger partial charge is 0.490 e. The van der Waals surface area contributed by atoms with E-state index in [1.54, 1.807) is 17.3 Å². The van der Waals surface area contributed by atoms with Gasteiger partial charge in [-0.3, -0.25) is 9.88 Å². The number of fused-ring (bicyclic) bond motifs is 1. The summed E-state index contributed by atoms with van der Waals surface area (Å²) in [6.07, 6.45) is 2.56. The highest BCUT2D eigenvalue weighted by Gasteiger charge is 2.41. The van der Waals surface area contributed by atoms with Gasteiger partial charge in [0.25, 0.3) is 0 Å². The lowest BCUT2D eigenvalue weighted by molar-refractivity contribution is 0.0397. The van der Waals surface area contributed by atoms with E-state index in [0.717, 1.165) is 22.2 Å². The van der Waals surface area contributed by atoms with E-state index in [2.05, 4.69) is 10.1 Å². The van der Waals surface area contributed by atoms with Crippen LogP contribution in [0.2, 0.25) is 0 Å². The van der Waals surface area contributed by atoms with Gasteiger partial charge in [-0.05, 0) is 72.2 Å². The van der Waals surface area contributed by atoms with Crippen molar-refractivity contribution in [2.45, 2.75) is 65.7 Å². The van der Waals surface area contributed by atoms with E-state index in [1.807, 2.05) is 72.7 Å². The van der Waals surface area contributed by atoms with Crippen molar-refractivity contribution >= 4 is 23.1 Å². The SMILES string of the molecule is Cc1nn(C(=O)OC(C)(C)C)c2ccc(-c3cncc(OCC4CN4C(=O)OC(C)(C)C)c3)cc12. The normalized spacial score (nSPS) is 15.7. The third-order valence-corrected chi connectivity index (χ3v) is 5.26. The number of benzene rings is 1. The van der Waals surface area contributed by atoms with Crippen LogP contribution in [0.3, 0.4) is 0 Å². The van der Waals surface area contributed by atoms with Gasteiger partial charge < -0.3 is 14.2 Å². The Hall–Kier alpha value is -3.62. The second kappa shape index (κ2) is 8.87. The quantitative estimate of drug-likeness (QED) is 0.474. The molecule has 1 fully saturated rings. The van der Waals surface area contributed by atoms with E-state index in [4.69, 9.17) is 14.2 Å². The first kappa shape index (κ1) is 24.5. The van der Waals surface area contributed by atoms with Gasteiger partial charge in [0, 0.05) is 23.7 Å². The molecule has 0 spiro atoms. The molecule has 1 amide bonds. The topological polar surface area (TPSA) is 95.6 Å². The van der Waals surface area contributed by atoms with E-state index in [1.165, 1.54) is 4.68 Å². The Bertz CT molecular complexity index is 1270. The number of carbonyl (C=O) groups excluding carboxylic acids is 2. The molecule has 1 unspecified atom stereocenters. The van der Waals surface area contributed by atoms with Crippen molar-refractivity contribution in [2.75, 3.05) is 13.2 Å². The second-order valence-electron chi connectivity index (χ2n) is 10.7. The average Bonchev–Trinajstić information content (AvgIpc) is 3.46. The number of ether oxygens (including phenoxy) is 3. The van der Waals surface area contributed by atoms with E-state index >= 15 is 0 Å². The zero-order valence-electron chi connectivity index (χ0n) is 21.3. The summed E-state index contributed by atoms with van der Waals surface area (Å²) in [6.45, 7) is 13.8. The molecule has 0 aliphatic carbocycles. The van der Waals surface area contributed by atoms with Gasteiger partial charge in [-0.15, -0.1) is 0 Å². The smallest absolute Gasteiger partial charge is 0.435 e. The molecule has 1 saturated heterocycles. The summed E-state index contributed by atoms with van der Waals surface area (Å²) < 4.78 is 18.1. The molecule has 186 valence electrons. The first-order valence-electron chi connectivity index (χ1n) is 11.6. The molecule has 9 heteroatoms. The van der Waals surface area contributed by atoms with Crippen LogP contribution in [-0.2, 0) is 9.47 Å². The van der Waals surface area contributed by atoms with Gasteiger partial charge in [-0.2, -0.15) is 9.78 Å². The summed E-state index contributed by atoms with van der Waals surface area (Å²) in [7, 11) is 0. The van der Waals surface area contributed by atoms with Crippen LogP contribution in [-0.4, -0.2) is 62.2 Å². The monoisotopic (exact) mass is 480 g/mol. The van der Waals surface area contributed by atoms with Gasteiger partial charge in [0.2, 0.25) is 0 Å². The summed E-state index contributed by atoms with van der Waals surface area (Å²) in [5, 5.41) is 5.24. The number of nitrogens with zero attached hydrogens (tertiary/aromatic N) is 4. The van der Waals surface area contributed by atoms with Crippen molar-refractivity contribution in [1.29, 1.82) is 0 Å². The summed E-state index contributed by atoms with van der Waals surface area (Å²) in [6, 6.07) is 7.64. The minimum atomic E-state index is -0.611. The van der Waals surface area contributed by atoms with Gasteiger partial charge in [-0.25, -0.2) is 9.59 Å². The molecule has 1 atom stereocenters. The molecule has 0 saturated carbocycles. The first-order valence-corrected chi connectivity index (χ1v) is 11.6. The maximum absolute atomic E-state index is 12.6. The van der Waals surface area contributed by atoms with Crippen molar-refractivity contribution in [3.8, 4) is 16.9 Å². The van der Waals surface area contributed by atoms with Crippen molar-refractivity contribution in [2.24, 2.45) is 0 Å². The number of pyridine rings is 1.